The molecule has 2 aromatic carbocycles. The number of carbonyl (C=O) groups excluding carboxylic acids is 2. The van der Waals surface area contributed by atoms with E-state index in [1.54, 1.807) is 0 Å². The number of benzene rings is 2. The van der Waals surface area contributed by atoms with Crippen molar-refractivity contribution in [1.82, 2.24) is 14.8 Å². The van der Waals surface area contributed by atoms with E-state index in [1.807, 2.05) is 67.8 Å². The monoisotopic (exact) mass is 564 g/mol. The third-order valence-electron chi connectivity index (χ3n) is 6.19. The summed E-state index contributed by atoms with van der Waals surface area (Å²) in [6.07, 6.45) is 0.652. The van der Waals surface area contributed by atoms with Crippen LogP contribution < -0.4 is 10.1 Å². The Morgan fingerprint density at radius 2 is 1.79 bits per heavy atom. The number of nitrogens with zero attached hydrogens (tertiary/aromatic N) is 3. The van der Waals surface area contributed by atoms with Gasteiger partial charge >= 0.3 is 5.97 Å². The van der Waals surface area contributed by atoms with Crippen LogP contribution in [0.5, 0.6) is 5.75 Å². The summed E-state index contributed by atoms with van der Waals surface area (Å²) >= 11 is 2.64. The molecule has 1 atom stereocenters. The second kappa shape index (κ2) is 12.9. The zero-order valence-corrected chi connectivity index (χ0v) is 24.3. The summed E-state index contributed by atoms with van der Waals surface area (Å²) in [5, 5.41) is 12.7. The largest absolute Gasteiger partial charge is 0.483 e. The van der Waals surface area contributed by atoms with Crippen LogP contribution in [-0.4, -0.2) is 39.5 Å². The van der Waals surface area contributed by atoms with Crippen molar-refractivity contribution in [3.05, 3.63) is 76.4 Å². The van der Waals surface area contributed by atoms with Crippen molar-refractivity contribution in [3.8, 4) is 16.9 Å². The first-order valence-electron chi connectivity index (χ1n) is 12.7. The standard InChI is InChI=1S/C29H32N4O4S2/c1-6-20-13-15-22(16-14-20)37-18(3)26-31-32-29(33(26)7-2)38-17-23(34)30-27-25(28(35)36-5)24(19(4)39-27)21-11-9-8-10-12-21/h8-16,18H,6-7,17H2,1-5H3,(H,30,34). The molecule has 0 saturated carbocycles. The van der Waals surface area contributed by atoms with Crippen molar-refractivity contribution in [2.45, 2.75) is 51.9 Å². The van der Waals surface area contributed by atoms with Crippen LogP contribution in [0.2, 0.25) is 0 Å². The van der Waals surface area contributed by atoms with E-state index in [4.69, 9.17) is 9.47 Å². The molecule has 39 heavy (non-hydrogen) atoms. The molecule has 0 aliphatic heterocycles. The van der Waals surface area contributed by atoms with Crippen molar-refractivity contribution in [2.75, 3.05) is 18.2 Å². The Hall–Kier alpha value is -3.63. The molecule has 0 saturated heterocycles. The highest BCUT2D eigenvalue weighted by atomic mass is 32.2. The molecule has 1 unspecified atom stereocenters. The number of carbonyl (C=O) groups is 2. The lowest BCUT2D eigenvalue weighted by molar-refractivity contribution is -0.113. The van der Waals surface area contributed by atoms with Gasteiger partial charge < -0.3 is 19.4 Å². The molecule has 4 aromatic rings. The zero-order valence-electron chi connectivity index (χ0n) is 22.7. The molecule has 1 N–H and O–H groups in total. The lowest BCUT2D eigenvalue weighted by Crippen LogP contribution is -2.17. The van der Waals surface area contributed by atoms with Crippen LogP contribution in [0, 0.1) is 6.92 Å². The molecule has 0 aliphatic carbocycles. The fraction of sp³-hybridized carbons (Fsp3) is 0.310. The number of anilines is 1. The second-order valence-electron chi connectivity index (χ2n) is 8.77. The quantitative estimate of drug-likeness (QED) is 0.163. The summed E-state index contributed by atoms with van der Waals surface area (Å²) in [4.78, 5) is 26.6. The first kappa shape index (κ1) is 28.4. The molecule has 2 aromatic heterocycles. The molecule has 4 rings (SSSR count). The molecule has 10 heteroatoms. The number of hydrogen-bond acceptors (Lipinski definition) is 8. The summed E-state index contributed by atoms with van der Waals surface area (Å²) in [7, 11) is 1.34. The number of nitrogens with one attached hydrogen (secondary N) is 1. The molecule has 1 amide bonds. The number of rotatable bonds is 11. The first-order valence-corrected chi connectivity index (χ1v) is 14.5. The second-order valence-corrected chi connectivity index (χ2v) is 10.9. The number of amides is 1. The Morgan fingerprint density at radius 3 is 2.44 bits per heavy atom. The van der Waals surface area contributed by atoms with Gasteiger partial charge in [0.15, 0.2) is 17.1 Å². The molecular weight excluding hydrogens is 532 g/mol. The highest BCUT2D eigenvalue weighted by Gasteiger charge is 2.25. The molecule has 204 valence electrons. The van der Waals surface area contributed by atoms with Crippen LogP contribution in [0.4, 0.5) is 5.00 Å². The average molecular weight is 565 g/mol. The molecule has 0 bridgehead atoms. The summed E-state index contributed by atoms with van der Waals surface area (Å²) in [6, 6.07) is 17.6. The van der Waals surface area contributed by atoms with Gasteiger partial charge in [0.25, 0.3) is 0 Å². The number of thioether (sulfide) groups is 1. The lowest BCUT2D eigenvalue weighted by atomic mass is 10.0. The van der Waals surface area contributed by atoms with Gasteiger partial charge in [0, 0.05) is 17.0 Å². The van der Waals surface area contributed by atoms with Gasteiger partial charge in [-0.15, -0.1) is 21.5 Å². The topological polar surface area (TPSA) is 95.3 Å². The van der Waals surface area contributed by atoms with Crippen molar-refractivity contribution >= 4 is 40.0 Å². The Balaban J connectivity index is 1.46. The number of aryl methyl sites for hydroxylation is 2. The number of thiophene rings is 1. The minimum Gasteiger partial charge on any atom is -0.483 e. The van der Waals surface area contributed by atoms with E-state index in [2.05, 4.69) is 34.6 Å². The van der Waals surface area contributed by atoms with Crippen LogP contribution in [0.15, 0.2) is 59.8 Å². The molecule has 0 radical (unpaired) electrons. The van der Waals surface area contributed by atoms with E-state index < -0.39 is 5.97 Å². The van der Waals surface area contributed by atoms with Gasteiger partial charge in [0.2, 0.25) is 5.91 Å². The average Bonchev–Trinajstić information content (AvgIpc) is 3.52. The van der Waals surface area contributed by atoms with E-state index in [9.17, 15) is 9.59 Å². The maximum Gasteiger partial charge on any atom is 0.341 e. The molecule has 0 spiro atoms. The van der Waals surface area contributed by atoms with E-state index in [-0.39, 0.29) is 17.8 Å². The molecule has 0 aliphatic rings. The number of esters is 1. The highest BCUT2D eigenvalue weighted by Crippen LogP contribution is 2.40. The number of hydrogen-bond donors (Lipinski definition) is 1. The molecular formula is C29H32N4O4S2. The molecule has 8 nitrogen and oxygen atoms in total. The Kier molecular flexibility index (Phi) is 9.42. The summed E-state index contributed by atoms with van der Waals surface area (Å²) in [6.45, 7) is 8.61. The number of ether oxygens (including phenoxy) is 2. The Labute approximate surface area is 236 Å². The van der Waals surface area contributed by atoms with Crippen LogP contribution in [-0.2, 0) is 22.5 Å². The summed E-state index contributed by atoms with van der Waals surface area (Å²) in [5.74, 6) is 0.813. The first-order chi connectivity index (χ1) is 18.9. The number of methoxy groups -OCH3 is 1. The van der Waals surface area contributed by atoms with Gasteiger partial charge in [0.05, 0.1) is 12.9 Å². The third-order valence-corrected chi connectivity index (χ3v) is 8.18. The van der Waals surface area contributed by atoms with E-state index >= 15 is 0 Å². The van der Waals surface area contributed by atoms with Crippen LogP contribution in [0.3, 0.4) is 0 Å². The normalized spacial score (nSPS) is 11.7. The van der Waals surface area contributed by atoms with E-state index in [0.29, 0.717) is 28.1 Å². The lowest BCUT2D eigenvalue weighted by Gasteiger charge is -2.16. The Bertz CT molecular complexity index is 1430. The van der Waals surface area contributed by atoms with Gasteiger partial charge in [-0.05, 0) is 50.5 Å². The van der Waals surface area contributed by atoms with Crippen LogP contribution in [0.25, 0.3) is 11.1 Å². The minimum absolute atomic E-state index is 0.101. The SMILES string of the molecule is CCc1ccc(OC(C)c2nnc(SCC(=O)Nc3sc(C)c(-c4ccccc4)c3C(=O)OC)n2CC)cc1. The maximum absolute atomic E-state index is 13.0. The van der Waals surface area contributed by atoms with Crippen LogP contribution in [0.1, 0.15) is 53.5 Å². The summed E-state index contributed by atoms with van der Waals surface area (Å²) < 4.78 is 13.1. The minimum atomic E-state index is -0.491. The van der Waals surface area contributed by atoms with Crippen molar-refractivity contribution in [3.63, 3.8) is 0 Å². The predicted molar refractivity (Wildman–Crippen MR) is 156 cm³/mol. The maximum atomic E-state index is 13.0. The van der Waals surface area contributed by atoms with Gasteiger partial charge in [-0.3, -0.25) is 4.79 Å². The third kappa shape index (κ3) is 6.51. The highest BCUT2D eigenvalue weighted by molar-refractivity contribution is 7.99. The smallest absolute Gasteiger partial charge is 0.341 e. The fourth-order valence-corrected chi connectivity index (χ4v) is 6.13. The van der Waals surface area contributed by atoms with Gasteiger partial charge in [-0.2, -0.15) is 0 Å². The number of aromatic nitrogens is 3. The van der Waals surface area contributed by atoms with E-state index in [0.717, 1.165) is 28.2 Å². The molecule has 2 heterocycles. The van der Waals surface area contributed by atoms with Crippen LogP contribution >= 0.6 is 23.1 Å². The summed E-state index contributed by atoms with van der Waals surface area (Å²) in [5.41, 5.74) is 3.27. The predicted octanol–water partition coefficient (Wildman–Crippen LogP) is 6.55. The van der Waals surface area contributed by atoms with E-state index in [1.165, 1.54) is 35.8 Å². The van der Waals surface area contributed by atoms with Gasteiger partial charge in [-0.1, -0.05) is 61.2 Å². The zero-order chi connectivity index (χ0) is 27.9. The molecule has 0 fully saturated rings. The fourth-order valence-electron chi connectivity index (χ4n) is 4.24. The van der Waals surface area contributed by atoms with Crippen molar-refractivity contribution in [1.29, 1.82) is 0 Å². The van der Waals surface area contributed by atoms with Gasteiger partial charge in [-0.25, -0.2) is 4.79 Å². The van der Waals surface area contributed by atoms with Gasteiger partial charge in [0.1, 0.15) is 16.3 Å². The van der Waals surface area contributed by atoms with Crippen molar-refractivity contribution in [2.24, 2.45) is 0 Å². The van der Waals surface area contributed by atoms with Crippen molar-refractivity contribution < 1.29 is 19.1 Å². The Morgan fingerprint density at radius 1 is 1.08 bits per heavy atom.